The summed E-state index contributed by atoms with van der Waals surface area (Å²) >= 11 is 0. The molecule has 2 heteroatoms. The van der Waals surface area contributed by atoms with Crippen LogP contribution < -0.4 is 0 Å². The van der Waals surface area contributed by atoms with Gasteiger partial charge in [0.1, 0.15) is 5.82 Å². The van der Waals surface area contributed by atoms with Crippen molar-refractivity contribution < 1.29 is 0 Å². The normalized spacial score (nSPS) is 16.4. The molecule has 1 heterocycles. The molecule has 57 heavy (non-hydrogen) atoms. The lowest BCUT2D eigenvalue weighted by Crippen LogP contribution is -2.09. The SMILES string of the molecule is CC1C=Cc2c(cccc2-c2c3ccccc3c(-c3cccc4ccccc34)c3ccc(-c4ccc(-c5nc6ccccc6n5C5=CC=CC[C@@H]5C)cc4)cc23)C1. The highest BCUT2D eigenvalue weighted by molar-refractivity contribution is 6.24. The predicted octanol–water partition coefficient (Wildman–Crippen LogP) is 14.8. The van der Waals surface area contributed by atoms with E-state index in [2.05, 4.69) is 200 Å². The summed E-state index contributed by atoms with van der Waals surface area (Å²) in [6.45, 7) is 4.62. The molecule has 272 valence electrons. The van der Waals surface area contributed by atoms with Crippen LogP contribution in [-0.2, 0) is 6.42 Å². The van der Waals surface area contributed by atoms with E-state index in [-0.39, 0.29) is 0 Å². The lowest BCUT2D eigenvalue weighted by molar-refractivity contribution is 0.717. The average molecular weight is 731 g/mol. The summed E-state index contributed by atoms with van der Waals surface area (Å²) in [6.07, 6.45) is 13.5. The Morgan fingerprint density at radius 3 is 2.09 bits per heavy atom. The van der Waals surface area contributed by atoms with Gasteiger partial charge in [0.25, 0.3) is 0 Å². The summed E-state index contributed by atoms with van der Waals surface area (Å²) in [5.74, 6) is 1.92. The quantitative estimate of drug-likeness (QED) is 0.161. The molecule has 0 amide bonds. The van der Waals surface area contributed by atoms with Crippen molar-refractivity contribution in [2.75, 3.05) is 0 Å². The van der Waals surface area contributed by atoms with Crippen LogP contribution in [0.2, 0.25) is 0 Å². The van der Waals surface area contributed by atoms with Crippen LogP contribution in [0.3, 0.4) is 0 Å². The number of benzene rings is 8. The number of nitrogens with zero attached hydrogens (tertiary/aromatic N) is 2. The minimum atomic E-state index is 0.404. The second-order valence-corrected chi connectivity index (χ2v) is 16.0. The molecule has 9 aromatic rings. The van der Waals surface area contributed by atoms with Crippen molar-refractivity contribution in [2.45, 2.75) is 26.7 Å². The second kappa shape index (κ2) is 13.5. The van der Waals surface area contributed by atoms with E-state index in [0.29, 0.717) is 11.8 Å². The molecule has 0 saturated heterocycles. The Bertz CT molecular complexity index is 3150. The molecule has 2 atom stereocenters. The summed E-state index contributed by atoms with van der Waals surface area (Å²) in [5.41, 5.74) is 14.9. The Balaban J connectivity index is 1.14. The first-order valence-electron chi connectivity index (χ1n) is 20.3. The molecule has 0 spiro atoms. The van der Waals surface area contributed by atoms with Crippen molar-refractivity contribution in [1.29, 1.82) is 0 Å². The van der Waals surface area contributed by atoms with E-state index in [9.17, 15) is 0 Å². The van der Waals surface area contributed by atoms with E-state index in [1.807, 2.05) is 0 Å². The number of rotatable bonds is 5. The monoisotopic (exact) mass is 730 g/mol. The highest BCUT2D eigenvalue weighted by atomic mass is 15.1. The third kappa shape index (κ3) is 5.51. The average Bonchev–Trinajstić information content (AvgIpc) is 3.64. The Morgan fingerprint density at radius 2 is 1.25 bits per heavy atom. The van der Waals surface area contributed by atoms with Crippen molar-refractivity contribution >= 4 is 55.1 Å². The van der Waals surface area contributed by atoms with Crippen LogP contribution in [0.4, 0.5) is 0 Å². The topological polar surface area (TPSA) is 17.8 Å². The van der Waals surface area contributed by atoms with E-state index >= 15 is 0 Å². The molecule has 0 radical (unpaired) electrons. The third-order valence-corrected chi connectivity index (χ3v) is 12.4. The Morgan fingerprint density at radius 1 is 0.579 bits per heavy atom. The van der Waals surface area contributed by atoms with Crippen LogP contribution in [0.15, 0.2) is 176 Å². The molecule has 2 aliphatic carbocycles. The Kier molecular flexibility index (Phi) is 7.93. The van der Waals surface area contributed by atoms with Crippen molar-refractivity contribution in [1.82, 2.24) is 9.55 Å². The number of aromatic nitrogens is 2. The van der Waals surface area contributed by atoms with Gasteiger partial charge in [0, 0.05) is 17.2 Å². The Labute approximate surface area is 333 Å². The first-order chi connectivity index (χ1) is 28.1. The maximum Gasteiger partial charge on any atom is 0.145 e. The molecule has 1 unspecified atom stereocenters. The van der Waals surface area contributed by atoms with Crippen molar-refractivity contribution in [2.24, 2.45) is 11.8 Å². The molecule has 1 aromatic heterocycles. The van der Waals surface area contributed by atoms with Gasteiger partial charge in [-0.2, -0.15) is 0 Å². The molecule has 0 saturated carbocycles. The fourth-order valence-corrected chi connectivity index (χ4v) is 9.58. The van der Waals surface area contributed by atoms with E-state index in [1.54, 1.807) is 0 Å². The first-order valence-corrected chi connectivity index (χ1v) is 20.3. The summed E-state index contributed by atoms with van der Waals surface area (Å²) in [5, 5.41) is 7.62. The number of hydrogen-bond acceptors (Lipinski definition) is 1. The summed E-state index contributed by atoms with van der Waals surface area (Å²) in [6, 6.07) is 56.2. The van der Waals surface area contributed by atoms with Crippen molar-refractivity contribution in [3.05, 3.63) is 187 Å². The van der Waals surface area contributed by atoms with E-state index < -0.39 is 0 Å². The zero-order chi connectivity index (χ0) is 38.0. The Hall–Kier alpha value is -6.77. The molecule has 0 N–H and O–H groups in total. The molecule has 0 fully saturated rings. The number of allylic oxidation sites excluding steroid dienone is 5. The first kappa shape index (κ1) is 33.6. The number of hydrogen-bond donors (Lipinski definition) is 0. The number of fused-ring (bicyclic) bond motifs is 5. The van der Waals surface area contributed by atoms with Gasteiger partial charge < -0.3 is 0 Å². The van der Waals surface area contributed by atoms with E-state index in [4.69, 9.17) is 4.98 Å². The lowest BCUT2D eigenvalue weighted by atomic mass is 9.80. The highest BCUT2D eigenvalue weighted by Gasteiger charge is 2.23. The zero-order valence-corrected chi connectivity index (χ0v) is 32.3. The molecule has 0 bridgehead atoms. The van der Waals surface area contributed by atoms with Crippen LogP contribution >= 0.6 is 0 Å². The molecule has 2 nitrogen and oxygen atoms in total. The molecule has 2 aliphatic rings. The zero-order valence-electron chi connectivity index (χ0n) is 32.3. The summed E-state index contributed by atoms with van der Waals surface area (Å²) in [4.78, 5) is 5.20. The van der Waals surface area contributed by atoms with Crippen LogP contribution in [0.1, 0.15) is 31.4 Å². The lowest BCUT2D eigenvalue weighted by Gasteiger charge is -2.23. The summed E-state index contributed by atoms with van der Waals surface area (Å²) in [7, 11) is 0. The fraction of sp³-hybridized carbons (Fsp3) is 0.109. The molecule has 8 aromatic carbocycles. The highest BCUT2D eigenvalue weighted by Crippen LogP contribution is 2.48. The molecule has 11 rings (SSSR count). The van der Waals surface area contributed by atoms with Gasteiger partial charge >= 0.3 is 0 Å². The van der Waals surface area contributed by atoms with Crippen molar-refractivity contribution in [3.63, 3.8) is 0 Å². The van der Waals surface area contributed by atoms with Gasteiger partial charge in [-0.1, -0.05) is 172 Å². The standard InChI is InChI=1S/C55H42N2/c1-35-25-31-43-41(33-35)16-12-21-45(43)54-47-19-7-6-18-46(47)53(44-20-11-15-38-14-4-5-17-42(38)44)48-32-30-40(34-49(48)54)37-26-28-39(29-27-37)55-56-50-22-8-10-24-52(50)57(55)51-23-9-3-13-36(51)2/h3-12,14-32,34-36H,13,33H2,1-2H3/t35?,36-/m0/s1. The van der Waals surface area contributed by atoms with Crippen molar-refractivity contribution in [3.8, 4) is 44.8 Å². The maximum absolute atomic E-state index is 5.20. The van der Waals surface area contributed by atoms with Gasteiger partial charge in [0.2, 0.25) is 0 Å². The number of imidazole rings is 1. The van der Waals surface area contributed by atoms with E-state index in [0.717, 1.165) is 35.3 Å². The van der Waals surface area contributed by atoms with Gasteiger partial charge in [0.05, 0.1) is 11.0 Å². The van der Waals surface area contributed by atoms with Gasteiger partial charge in [-0.25, -0.2) is 4.98 Å². The van der Waals surface area contributed by atoms with Crippen LogP contribution in [-0.4, -0.2) is 9.55 Å². The molecular weight excluding hydrogens is 689 g/mol. The largest absolute Gasteiger partial charge is 0.296 e. The van der Waals surface area contributed by atoms with Crippen LogP contribution in [0.25, 0.3) is 99.9 Å². The fourth-order valence-electron chi connectivity index (χ4n) is 9.58. The van der Waals surface area contributed by atoms with Gasteiger partial charge in [0.15, 0.2) is 0 Å². The molecular formula is C55H42N2. The van der Waals surface area contributed by atoms with E-state index in [1.165, 1.54) is 82.5 Å². The maximum atomic E-state index is 5.20. The minimum Gasteiger partial charge on any atom is -0.296 e. The van der Waals surface area contributed by atoms with Crippen LogP contribution in [0, 0.1) is 11.8 Å². The predicted molar refractivity (Wildman–Crippen MR) is 243 cm³/mol. The van der Waals surface area contributed by atoms with Crippen LogP contribution in [0.5, 0.6) is 0 Å². The summed E-state index contributed by atoms with van der Waals surface area (Å²) < 4.78 is 2.37. The van der Waals surface area contributed by atoms with Gasteiger partial charge in [-0.05, 0) is 120 Å². The molecule has 0 aliphatic heterocycles. The third-order valence-electron chi connectivity index (χ3n) is 12.4. The number of para-hydroxylation sites is 2. The van der Waals surface area contributed by atoms with Gasteiger partial charge in [-0.15, -0.1) is 0 Å². The second-order valence-electron chi connectivity index (χ2n) is 16.0. The minimum absolute atomic E-state index is 0.404. The van der Waals surface area contributed by atoms with Gasteiger partial charge in [-0.3, -0.25) is 4.57 Å². The smallest absolute Gasteiger partial charge is 0.145 e.